The molecule has 1 fully saturated rings. The van der Waals surface area contributed by atoms with Gasteiger partial charge in [0.1, 0.15) is 5.75 Å². The third-order valence-corrected chi connectivity index (χ3v) is 4.04. The fraction of sp³-hybridized carbons (Fsp3) is 0.438. The molecular weight excluding hydrogens is 314 g/mol. The Morgan fingerprint density at radius 3 is 2.65 bits per heavy atom. The van der Waals surface area contributed by atoms with E-state index in [9.17, 15) is 0 Å². The second-order valence-corrected chi connectivity index (χ2v) is 5.93. The highest BCUT2D eigenvalue weighted by atomic mass is 35.5. The van der Waals surface area contributed by atoms with Crippen molar-refractivity contribution in [3.63, 3.8) is 0 Å². The SMILES string of the molecule is COc1cccc(Nc2nc(Cl)nc(NC3CCCCC3)n2)c1. The van der Waals surface area contributed by atoms with Crippen LogP contribution in [0.1, 0.15) is 32.1 Å². The van der Waals surface area contributed by atoms with Crippen molar-refractivity contribution in [2.45, 2.75) is 38.1 Å². The van der Waals surface area contributed by atoms with Gasteiger partial charge in [-0.25, -0.2) is 0 Å². The topological polar surface area (TPSA) is 72.0 Å². The van der Waals surface area contributed by atoms with E-state index in [-0.39, 0.29) is 5.28 Å². The molecule has 122 valence electrons. The van der Waals surface area contributed by atoms with E-state index < -0.39 is 0 Å². The van der Waals surface area contributed by atoms with Gasteiger partial charge < -0.3 is 15.4 Å². The average molecular weight is 334 g/mol. The third kappa shape index (κ3) is 4.45. The molecule has 1 heterocycles. The summed E-state index contributed by atoms with van der Waals surface area (Å²) in [5, 5.41) is 6.66. The molecule has 1 aromatic carbocycles. The van der Waals surface area contributed by atoms with Crippen LogP contribution < -0.4 is 15.4 Å². The lowest BCUT2D eigenvalue weighted by Crippen LogP contribution is -2.23. The Morgan fingerprint density at radius 2 is 1.87 bits per heavy atom. The quantitative estimate of drug-likeness (QED) is 0.861. The van der Waals surface area contributed by atoms with Gasteiger partial charge in [-0.2, -0.15) is 15.0 Å². The third-order valence-electron chi connectivity index (χ3n) is 3.87. The van der Waals surface area contributed by atoms with Crippen LogP contribution in [-0.2, 0) is 0 Å². The lowest BCUT2D eigenvalue weighted by atomic mass is 9.96. The number of nitrogens with one attached hydrogen (secondary N) is 2. The van der Waals surface area contributed by atoms with E-state index >= 15 is 0 Å². The molecule has 0 radical (unpaired) electrons. The summed E-state index contributed by atoms with van der Waals surface area (Å²) < 4.78 is 5.21. The Hall–Kier alpha value is -2.08. The van der Waals surface area contributed by atoms with Crippen molar-refractivity contribution in [3.8, 4) is 5.75 Å². The Kier molecular flexibility index (Phi) is 5.12. The zero-order valence-electron chi connectivity index (χ0n) is 13.1. The number of benzene rings is 1. The standard InChI is InChI=1S/C16H20ClN5O/c1-23-13-9-5-8-12(10-13)19-16-21-14(17)20-15(22-16)18-11-6-3-2-4-7-11/h5,8-11H,2-4,6-7H2,1H3,(H2,18,19,20,21,22). The van der Waals surface area contributed by atoms with E-state index in [1.165, 1.54) is 19.3 Å². The molecule has 2 aromatic rings. The molecule has 0 spiro atoms. The van der Waals surface area contributed by atoms with Crippen molar-refractivity contribution in [1.82, 2.24) is 15.0 Å². The molecule has 0 atom stereocenters. The molecule has 1 saturated carbocycles. The van der Waals surface area contributed by atoms with Crippen molar-refractivity contribution >= 4 is 29.2 Å². The molecule has 23 heavy (non-hydrogen) atoms. The Bertz CT molecular complexity index is 661. The number of aromatic nitrogens is 3. The molecule has 0 aliphatic heterocycles. The van der Waals surface area contributed by atoms with Crippen LogP contribution in [0.3, 0.4) is 0 Å². The van der Waals surface area contributed by atoms with Crippen molar-refractivity contribution in [2.75, 3.05) is 17.7 Å². The first-order chi connectivity index (χ1) is 11.2. The summed E-state index contributed by atoms with van der Waals surface area (Å²) in [5.74, 6) is 1.69. The number of ether oxygens (including phenoxy) is 1. The highest BCUT2D eigenvalue weighted by molar-refractivity contribution is 6.28. The van der Waals surface area contributed by atoms with Gasteiger partial charge in [0.15, 0.2) is 0 Å². The minimum absolute atomic E-state index is 0.170. The van der Waals surface area contributed by atoms with Crippen LogP contribution in [0.2, 0.25) is 5.28 Å². The lowest BCUT2D eigenvalue weighted by molar-refractivity contribution is 0.415. The maximum absolute atomic E-state index is 6.03. The van der Waals surface area contributed by atoms with Gasteiger partial charge in [-0.3, -0.25) is 0 Å². The van der Waals surface area contributed by atoms with E-state index in [0.29, 0.717) is 17.9 Å². The molecule has 0 unspecified atom stereocenters. The van der Waals surface area contributed by atoms with Gasteiger partial charge >= 0.3 is 0 Å². The number of hydrogen-bond donors (Lipinski definition) is 2. The van der Waals surface area contributed by atoms with Crippen LogP contribution in [0.4, 0.5) is 17.6 Å². The predicted octanol–water partition coefficient (Wildman–Crippen LogP) is 4.02. The fourth-order valence-electron chi connectivity index (χ4n) is 2.73. The number of halogens is 1. The van der Waals surface area contributed by atoms with Crippen LogP contribution in [0, 0.1) is 0 Å². The number of nitrogens with zero attached hydrogens (tertiary/aromatic N) is 3. The minimum Gasteiger partial charge on any atom is -0.497 e. The molecule has 1 aliphatic rings. The lowest BCUT2D eigenvalue weighted by Gasteiger charge is -2.22. The summed E-state index contributed by atoms with van der Waals surface area (Å²) in [6, 6.07) is 7.96. The normalized spacial score (nSPS) is 15.2. The summed E-state index contributed by atoms with van der Waals surface area (Å²) in [7, 11) is 1.63. The number of hydrogen-bond acceptors (Lipinski definition) is 6. The Morgan fingerprint density at radius 1 is 1.09 bits per heavy atom. The number of rotatable bonds is 5. The number of methoxy groups -OCH3 is 1. The van der Waals surface area contributed by atoms with Crippen LogP contribution in [-0.4, -0.2) is 28.1 Å². The molecule has 3 rings (SSSR count). The molecule has 1 aromatic heterocycles. The summed E-state index contributed by atoms with van der Waals surface area (Å²) in [6.45, 7) is 0. The molecule has 7 heteroatoms. The van der Waals surface area contributed by atoms with Gasteiger partial charge in [-0.05, 0) is 36.6 Å². The van der Waals surface area contributed by atoms with Crippen LogP contribution in [0.15, 0.2) is 24.3 Å². The molecule has 0 saturated heterocycles. The van der Waals surface area contributed by atoms with Gasteiger partial charge in [-0.1, -0.05) is 25.3 Å². The Balaban J connectivity index is 1.73. The summed E-state index contributed by atoms with van der Waals surface area (Å²) in [6.07, 6.45) is 6.07. The van der Waals surface area contributed by atoms with Crippen LogP contribution >= 0.6 is 11.6 Å². The molecule has 2 N–H and O–H groups in total. The van der Waals surface area contributed by atoms with Crippen molar-refractivity contribution in [1.29, 1.82) is 0 Å². The van der Waals surface area contributed by atoms with Gasteiger partial charge in [0.25, 0.3) is 0 Å². The predicted molar refractivity (Wildman–Crippen MR) is 91.6 cm³/mol. The van der Waals surface area contributed by atoms with Gasteiger partial charge in [-0.15, -0.1) is 0 Å². The van der Waals surface area contributed by atoms with E-state index in [1.54, 1.807) is 7.11 Å². The van der Waals surface area contributed by atoms with Gasteiger partial charge in [0.2, 0.25) is 17.2 Å². The highest BCUT2D eigenvalue weighted by Gasteiger charge is 2.15. The molecular formula is C16H20ClN5O. The summed E-state index contributed by atoms with van der Waals surface area (Å²) in [5.41, 5.74) is 0.829. The molecule has 6 nitrogen and oxygen atoms in total. The first-order valence-corrected chi connectivity index (χ1v) is 8.20. The monoisotopic (exact) mass is 333 g/mol. The second-order valence-electron chi connectivity index (χ2n) is 5.59. The zero-order valence-corrected chi connectivity index (χ0v) is 13.8. The summed E-state index contributed by atoms with van der Waals surface area (Å²) in [4.78, 5) is 12.7. The van der Waals surface area contributed by atoms with Gasteiger partial charge in [0, 0.05) is 17.8 Å². The second kappa shape index (κ2) is 7.46. The first kappa shape index (κ1) is 15.8. The van der Waals surface area contributed by atoms with Gasteiger partial charge in [0.05, 0.1) is 7.11 Å². The smallest absolute Gasteiger partial charge is 0.233 e. The Labute approximate surface area is 140 Å². The van der Waals surface area contributed by atoms with E-state index in [1.807, 2.05) is 24.3 Å². The number of anilines is 3. The van der Waals surface area contributed by atoms with Crippen molar-refractivity contribution < 1.29 is 4.74 Å². The van der Waals surface area contributed by atoms with E-state index in [2.05, 4.69) is 25.6 Å². The maximum atomic E-state index is 6.03. The van der Waals surface area contributed by atoms with Crippen LogP contribution in [0.5, 0.6) is 5.75 Å². The molecule has 0 amide bonds. The maximum Gasteiger partial charge on any atom is 0.233 e. The summed E-state index contributed by atoms with van der Waals surface area (Å²) >= 11 is 6.03. The molecule has 1 aliphatic carbocycles. The average Bonchev–Trinajstić information content (AvgIpc) is 2.55. The van der Waals surface area contributed by atoms with Crippen molar-refractivity contribution in [2.24, 2.45) is 0 Å². The molecule has 0 bridgehead atoms. The van der Waals surface area contributed by atoms with E-state index in [0.717, 1.165) is 24.3 Å². The van der Waals surface area contributed by atoms with Crippen LogP contribution in [0.25, 0.3) is 0 Å². The first-order valence-electron chi connectivity index (χ1n) is 7.82. The minimum atomic E-state index is 0.170. The van der Waals surface area contributed by atoms with E-state index in [4.69, 9.17) is 16.3 Å². The van der Waals surface area contributed by atoms with Crippen molar-refractivity contribution in [3.05, 3.63) is 29.5 Å². The highest BCUT2D eigenvalue weighted by Crippen LogP contribution is 2.23. The zero-order chi connectivity index (χ0) is 16.1. The fourth-order valence-corrected chi connectivity index (χ4v) is 2.89. The largest absolute Gasteiger partial charge is 0.497 e.